The molecule has 4 nitrogen and oxygen atoms in total. The highest BCUT2D eigenvalue weighted by molar-refractivity contribution is 5.85. The van der Waals surface area contributed by atoms with Gasteiger partial charge in [-0.25, -0.2) is 0 Å². The molecule has 0 saturated carbocycles. The molecule has 0 aliphatic rings. The van der Waals surface area contributed by atoms with Gasteiger partial charge in [0.1, 0.15) is 0 Å². The lowest BCUT2D eigenvalue weighted by Gasteiger charge is -2.24. The van der Waals surface area contributed by atoms with E-state index in [2.05, 4.69) is 16.7 Å². The van der Waals surface area contributed by atoms with E-state index >= 15 is 0 Å². The summed E-state index contributed by atoms with van der Waals surface area (Å²) in [7, 11) is 0. The zero-order valence-corrected chi connectivity index (χ0v) is 9.89. The van der Waals surface area contributed by atoms with Crippen LogP contribution in [0.15, 0.2) is 0 Å². The van der Waals surface area contributed by atoms with Gasteiger partial charge in [0, 0.05) is 13.0 Å². The maximum atomic E-state index is 11.6. The van der Waals surface area contributed by atoms with Gasteiger partial charge in [-0.3, -0.25) is 4.79 Å². The van der Waals surface area contributed by atoms with Crippen LogP contribution in [0.1, 0.15) is 40.0 Å². The number of rotatable bonds is 7. The third-order valence-electron chi connectivity index (χ3n) is 2.19. The number of nitrogens with one attached hydrogen (secondary N) is 2. The largest absolute Gasteiger partial charge is 0.355 e. The van der Waals surface area contributed by atoms with Crippen LogP contribution in [0.25, 0.3) is 0 Å². The van der Waals surface area contributed by atoms with Crippen LogP contribution < -0.4 is 10.6 Å². The smallest absolute Gasteiger partial charge is 0.239 e. The second-order valence-electron chi connectivity index (χ2n) is 4.03. The Hall–Kier alpha value is -1.08. The average Bonchev–Trinajstić information content (AvgIpc) is 2.17. The first kappa shape index (κ1) is 13.9. The molecule has 15 heavy (non-hydrogen) atoms. The van der Waals surface area contributed by atoms with E-state index in [4.69, 9.17) is 5.26 Å². The van der Waals surface area contributed by atoms with Gasteiger partial charge in [0.25, 0.3) is 0 Å². The summed E-state index contributed by atoms with van der Waals surface area (Å²) in [4.78, 5) is 11.6. The number of likely N-dealkylation sites (N-methyl/N-ethyl adjacent to an activating group) is 1. The highest BCUT2D eigenvalue weighted by Gasteiger charge is 2.25. The molecular weight excluding hydrogens is 190 g/mol. The van der Waals surface area contributed by atoms with Crippen LogP contribution >= 0.6 is 0 Å². The molecule has 0 aromatic heterocycles. The third kappa shape index (κ3) is 6.08. The fourth-order valence-corrected chi connectivity index (χ4v) is 1.27. The van der Waals surface area contributed by atoms with E-state index in [1.807, 2.05) is 20.8 Å². The number of unbranched alkanes of at least 4 members (excludes halogenated alkanes) is 2. The summed E-state index contributed by atoms with van der Waals surface area (Å²) >= 11 is 0. The molecule has 86 valence electrons. The Morgan fingerprint density at radius 1 is 1.40 bits per heavy atom. The van der Waals surface area contributed by atoms with Crippen LogP contribution in [0, 0.1) is 11.3 Å². The lowest BCUT2D eigenvalue weighted by Crippen LogP contribution is -2.52. The van der Waals surface area contributed by atoms with E-state index in [0.29, 0.717) is 13.0 Å². The zero-order valence-electron chi connectivity index (χ0n) is 9.89. The van der Waals surface area contributed by atoms with E-state index in [0.717, 1.165) is 19.4 Å². The molecule has 0 heterocycles. The first-order valence-corrected chi connectivity index (χ1v) is 5.45. The Balaban J connectivity index is 3.69. The van der Waals surface area contributed by atoms with Crippen LogP contribution in [0.5, 0.6) is 0 Å². The number of hydrogen-bond donors (Lipinski definition) is 2. The Morgan fingerprint density at radius 3 is 2.60 bits per heavy atom. The molecule has 0 bridgehead atoms. The quantitative estimate of drug-likeness (QED) is 0.622. The Kier molecular flexibility index (Phi) is 6.72. The predicted molar refractivity (Wildman–Crippen MR) is 60.2 cm³/mol. The van der Waals surface area contributed by atoms with Gasteiger partial charge in [-0.05, 0) is 33.2 Å². The first-order chi connectivity index (χ1) is 7.04. The van der Waals surface area contributed by atoms with Crippen LogP contribution in [-0.4, -0.2) is 24.5 Å². The molecule has 1 amide bonds. The SMILES string of the molecule is CCNC(C)(C)C(=O)NCCCCC#N. The number of carbonyl (C=O) groups excluding carboxylic acids is 1. The van der Waals surface area contributed by atoms with Gasteiger partial charge >= 0.3 is 0 Å². The minimum Gasteiger partial charge on any atom is -0.355 e. The van der Waals surface area contributed by atoms with Gasteiger partial charge in [-0.15, -0.1) is 0 Å². The third-order valence-corrected chi connectivity index (χ3v) is 2.19. The topological polar surface area (TPSA) is 64.9 Å². The zero-order chi connectivity index (χ0) is 11.7. The standard InChI is InChI=1S/C11H21N3O/c1-4-14-11(2,3)10(15)13-9-7-5-6-8-12/h14H,4-7,9H2,1-3H3,(H,13,15). The summed E-state index contributed by atoms with van der Waals surface area (Å²) in [5.74, 6) is 0.0151. The highest BCUT2D eigenvalue weighted by atomic mass is 16.2. The number of nitrogens with zero attached hydrogens (tertiary/aromatic N) is 1. The summed E-state index contributed by atoms with van der Waals surface area (Å²) in [6, 6.07) is 2.08. The number of carbonyl (C=O) groups is 1. The Labute approximate surface area is 92.0 Å². The van der Waals surface area contributed by atoms with Crippen molar-refractivity contribution in [2.45, 2.75) is 45.6 Å². The van der Waals surface area contributed by atoms with Crippen LogP contribution in [0.2, 0.25) is 0 Å². The molecule has 0 rings (SSSR count). The van der Waals surface area contributed by atoms with Gasteiger partial charge in [-0.1, -0.05) is 6.92 Å². The predicted octanol–water partition coefficient (Wildman–Crippen LogP) is 1.18. The summed E-state index contributed by atoms with van der Waals surface area (Å²) in [5.41, 5.74) is -0.510. The minimum atomic E-state index is -0.510. The summed E-state index contributed by atoms with van der Waals surface area (Å²) < 4.78 is 0. The van der Waals surface area contributed by atoms with E-state index in [1.54, 1.807) is 0 Å². The Bertz CT molecular complexity index is 230. The number of amides is 1. The van der Waals surface area contributed by atoms with Crippen molar-refractivity contribution in [1.82, 2.24) is 10.6 Å². The van der Waals surface area contributed by atoms with Crippen molar-refractivity contribution in [3.8, 4) is 6.07 Å². The van der Waals surface area contributed by atoms with Crippen molar-refractivity contribution in [1.29, 1.82) is 5.26 Å². The fraction of sp³-hybridized carbons (Fsp3) is 0.818. The van der Waals surface area contributed by atoms with Crippen LogP contribution in [0.3, 0.4) is 0 Å². The maximum Gasteiger partial charge on any atom is 0.239 e. The maximum absolute atomic E-state index is 11.6. The average molecular weight is 211 g/mol. The molecule has 0 aliphatic carbocycles. The van der Waals surface area contributed by atoms with Gasteiger partial charge in [0.15, 0.2) is 0 Å². The lowest BCUT2D eigenvalue weighted by atomic mass is 10.0. The van der Waals surface area contributed by atoms with E-state index in [1.165, 1.54) is 0 Å². The monoisotopic (exact) mass is 211 g/mol. The fourth-order valence-electron chi connectivity index (χ4n) is 1.27. The number of nitriles is 1. The van der Waals surface area contributed by atoms with Gasteiger partial charge in [0.05, 0.1) is 11.6 Å². The van der Waals surface area contributed by atoms with Crippen molar-refractivity contribution in [3.05, 3.63) is 0 Å². The summed E-state index contributed by atoms with van der Waals surface area (Å²) in [5, 5.41) is 14.3. The molecule has 0 unspecified atom stereocenters. The normalized spacial score (nSPS) is 10.8. The first-order valence-electron chi connectivity index (χ1n) is 5.45. The van der Waals surface area contributed by atoms with E-state index in [9.17, 15) is 4.79 Å². The lowest BCUT2D eigenvalue weighted by molar-refractivity contribution is -0.126. The van der Waals surface area contributed by atoms with Crippen molar-refractivity contribution in [2.75, 3.05) is 13.1 Å². The minimum absolute atomic E-state index is 0.0151. The molecular formula is C11H21N3O. The summed E-state index contributed by atoms with van der Waals surface area (Å²) in [6.45, 7) is 7.12. The van der Waals surface area contributed by atoms with Crippen molar-refractivity contribution in [3.63, 3.8) is 0 Å². The molecule has 0 aromatic carbocycles. The van der Waals surface area contributed by atoms with E-state index < -0.39 is 5.54 Å². The van der Waals surface area contributed by atoms with Crippen molar-refractivity contribution >= 4 is 5.91 Å². The summed E-state index contributed by atoms with van der Waals surface area (Å²) in [6.07, 6.45) is 2.27. The molecule has 0 fully saturated rings. The molecule has 0 radical (unpaired) electrons. The van der Waals surface area contributed by atoms with Gasteiger partial charge in [0.2, 0.25) is 5.91 Å². The van der Waals surface area contributed by atoms with Crippen molar-refractivity contribution in [2.24, 2.45) is 0 Å². The molecule has 0 saturated heterocycles. The van der Waals surface area contributed by atoms with Crippen LogP contribution in [0.4, 0.5) is 0 Å². The molecule has 4 heteroatoms. The molecule has 0 spiro atoms. The van der Waals surface area contributed by atoms with Gasteiger partial charge < -0.3 is 10.6 Å². The second-order valence-corrected chi connectivity index (χ2v) is 4.03. The highest BCUT2D eigenvalue weighted by Crippen LogP contribution is 2.01. The van der Waals surface area contributed by atoms with Crippen LogP contribution in [-0.2, 0) is 4.79 Å². The van der Waals surface area contributed by atoms with Gasteiger partial charge in [-0.2, -0.15) is 5.26 Å². The van der Waals surface area contributed by atoms with E-state index in [-0.39, 0.29) is 5.91 Å². The molecule has 2 N–H and O–H groups in total. The molecule has 0 aliphatic heterocycles. The Morgan fingerprint density at radius 2 is 2.07 bits per heavy atom. The second kappa shape index (κ2) is 7.24. The number of hydrogen-bond acceptors (Lipinski definition) is 3. The molecule has 0 aromatic rings. The molecule has 0 atom stereocenters. The van der Waals surface area contributed by atoms with Crippen molar-refractivity contribution < 1.29 is 4.79 Å².